The number of rotatable bonds is 3. The third kappa shape index (κ3) is 2.67. The number of nitroso groups, excluding NO2 is 1. The molecule has 14 nitrogen and oxygen atoms in total. The molecule has 21 N–H and O–H groups in total. The van der Waals surface area contributed by atoms with Crippen LogP contribution in [0.4, 0.5) is 56.9 Å². The molecule has 32 heavy (non-hydrogen) atoms. The summed E-state index contributed by atoms with van der Waals surface area (Å²) < 4.78 is 0. The van der Waals surface area contributed by atoms with Gasteiger partial charge in [-0.25, -0.2) is 0 Å². The second kappa shape index (κ2) is 6.98. The van der Waals surface area contributed by atoms with Crippen molar-refractivity contribution in [2.75, 3.05) is 51.6 Å². The Kier molecular flexibility index (Phi) is 4.70. The molecule has 0 aliphatic heterocycles. The first-order valence-electron chi connectivity index (χ1n) is 8.75. The highest BCUT2D eigenvalue weighted by Gasteiger charge is 2.29. The maximum absolute atomic E-state index is 11.8. The van der Waals surface area contributed by atoms with Gasteiger partial charge in [0.25, 0.3) is 0 Å². The van der Waals surface area contributed by atoms with E-state index in [9.17, 15) is 20.2 Å². The Morgan fingerprint density at radius 1 is 0.531 bits per heavy atom. The summed E-state index contributed by atoms with van der Waals surface area (Å²) in [5.41, 5.74) is 50.5. The topological polar surface area (TPSA) is 324 Å². The average molecular weight is 442 g/mol. The van der Waals surface area contributed by atoms with E-state index in [-0.39, 0.29) is 73.4 Å². The van der Waals surface area contributed by atoms with Gasteiger partial charge in [-0.3, -0.25) is 0 Å². The Hall–Kier alpha value is -5.14. The molecule has 0 saturated carbocycles. The molecular weight excluding hydrogens is 420 g/mol. The van der Waals surface area contributed by atoms with Crippen LogP contribution >= 0.6 is 0 Å². The predicted molar refractivity (Wildman–Crippen MR) is 127 cm³/mol. The molecule has 0 fully saturated rings. The maximum Gasteiger partial charge on any atom is 0.183 e. The number of hydrogen-bond acceptors (Lipinski definition) is 14. The summed E-state index contributed by atoms with van der Waals surface area (Å²) in [7, 11) is 0. The smallest absolute Gasteiger partial charge is 0.183 e. The zero-order valence-corrected chi connectivity index (χ0v) is 16.5. The summed E-state index contributed by atoms with van der Waals surface area (Å²) in [6.45, 7) is 0. The molecule has 0 aliphatic carbocycles. The molecule has 0 aliphatic rings. The SMILES string of the molecule is Nc1cc(-c2c(N)c(N)c(-c3c(N)c(N)c(O)c(N)c3N)c(N=O)c2N)c(N)c(O)c1O. The number of anilines is 9. The van der Waals surface area contributed by atoms with Crippen LogP contribution in [0.25, 0.3) is 22.3 Å². The number of hydrogen-bond donors (Lipinski definition) is 12. The van der Waals surface area contributed by atoms with Crippen LogP contribution in [0.2, 0.25) is 0 Å². The van der Waals surface area contributed by atoms with Crippen molar-refractivity contribution in [1.29, 1.82) is 0 Å². The van der Waals surface area contributed by atoms with Crippen LogP contribution in [0.15, 0.2) is 11.2 Å². The van der Waals surface area contributed by atoms with Crippen LogP contribution in [-0.4, -0.2) is 15.3 Å². The standard InChI is InChI=1S/C18H22N10O4/c19-3-1-2(7(20)18(31)16(3)29)4-8(21)11(24)6(15(28-32)12(4)25)5-9(22)13(26)17(30)14(27)10(5)23/h1,29-31H,19-27H2. The van der Waals surface area contributed by atoms with Crippen LogP contribution < -0.4 is 51.6 Å². The fraction of sp³-hybridized carbons (Fsp3) is 0. The minimum absolute atomic E-state index is 0.0263. The van der Waals surface area contributed by atoms with Crippen LogP contribution in [0.3, 0.4) is 0 Å². The van der Waals surface area contributed by atoms with Gasteiger partial charge in [0.1, 0.15) is 17.1 Å². The molecule has 0 heterocycles. The van der Waals surface area contributed by atoms with Gasteiger partial charge in [0, 0.05) is 22.3 Å². The first-order valence-corrected chi connectivity index (χ1v) is 8.75. The van der Waals surface area contributed by atoms with Crippen molar-refractivity contribution in [3.05, 3.63) is 11.0 Å². The molecule has 0 unspecified atom stereocenters. The van der Waals surface area contributed by atoms with Crippen LogP contribution in [0.1, 0.15) is 0 Å². The third-order valence-corrected chi connectivity index (χ3v) is 5.17. The van der Waals surface area contributed by atoms with Crippen molar-refractivity contribution in [3.63, 3.8) is 0 Å². The molecule has 14 heteroatoms. The molecule has 0 amide bonds. The summed E-state index contributed by atoms with van der Waals surface area (Å²) in [5.74, 6) is -1.93. The Labute approximate surface area is 180 Å². The van der Waals surface area contributed by atoms with E-state index in [1.807, 2.05) is 0 Å². The van der Waals surface area contributed by atoms with Crippen molar-refractivity contribution in [2.24, 2.45) is 5.18 Å². The number of phenolic OH excluding ortho intramolecular Hbond substituents is 3. The third-order valence-electron chi connectivity index (χ3n) is 5.17. The summed E-state index contributed by atoms with van der Waals surface area (Å²) >= 11 is 0. The Bertz CT molecular complexity index is 1290. The molecule has 0 atom stereocenters. The molecule has 168 valence electrons. The molecule has 3 rings (SSSR count). The predicted octanol–water partition coefficient (Wildman–Crippen LogP) is 0.775. The molecular formula is C18H22N10O4. The van der Waals surface area contributed by atoms with Crippen LogP contribution in [0.5, 0.6) is 17.2 Å². The van der Waals surface area contributed by atoms with Crippen molar-refractivity contribution < 1.29 is 15.3 Å². The van der Waals surface area contributed by atoms with Gasteiger partial charge in [0.2, 0.25) is 0 Å². The molecule has 0 radical (unpaired) electrons. The highest BCUT2D eigenvalue weighted by molar-refractivity contribution is 6.15. The van der Waals surface area contributed by atoms with Crippen molar-refractivity contribution >= 4 is 56.9 Å². The summed E-state index contributed by atoms with van der Waals surface area (Å²) in [6.07, 6.45) is 0. The van der Waals surface area contributed by atoms with Gasteiger partial charge in [0.15, 0.2) is 17.2 Å². The number of benzene rings is 3. The van der Waals surface area contributed by atoms with Crippen LogP contribution in [-0.2, 0) is 0 Å². The largest absolute Gasteiger partial charge is 0.504 e. The molecule has 0 aromatic heterocycles. The van der Waals surface area contributed by atoms with Crippen LogP contribution in [0, 0.1) is 4.91 Å². The van der Waals surface area contributed by atoms with Gasteiger partial charge in [-0.05, 0) is 11.2 Å². The van der Waals surface area contributed by atoms with Crippen molar-refractivity contribution in [3.8, 4) is 39.5 Å². The van der Waals surface area contributed by atoms with Gasteiger partial charge in [-0.1, -0.05) is 0 Å². The van der Waals surface area contributed by atoms with E-state index in [1.54, 1.807) is 0 Å². The first-order chi connectivity index (χ1) is 14.9. The fourth-order valence-electron chi connectivity index (χ4n) is 3.42. The second-order valence-electron chi connectivity index (χ2n) is 6.93. The van der Waals surface area contributed by atoms with Gasteiger partial charge in [0.05, 0.1) is 39.8 Å². The number of nitrogens with zero attached hydrogens (tertiary/aromatic N) is 1. The van der Waals surface area contributed by atoms with Gasteiger partial charge < -0.3 is 66.9 Å². The van der Waals surface area contributed by atoms with E-state index in [2.05, 4.69) is 5.18 Å². The highest BCUT2D eigenvalue weighted by Crippen LogP contribution is 2.57. The second-order valence-corrected chi connectivity index (χ2v) is 6.93. The number of phenols is 3. The average Bonchev–Trinajstić information content (AvgIpc) is 2.76. The Balaban J connectivity index is 2.52. The zero-order chi connectivity index (χ0) is 24.2. The lowest BCUT2D eigenvalue weighted by Crippen LogP contribution is -2.10. The summed E-state index contributed by atoms with van der Waals surface area (Å²) in [4.78, 5) is 11.8. The van der Waals surface area contributed by atoms with E-state index in [0.717, 1.165) is 0 Å². The Morgan fingerprint density at radius 2 is 1.00 bits per heavy atom. The minimum atomic E-state index is -0.727. The molecule has 0 saturated heterocycles. The molecule has 0 bridgehead atoms. The van der Waals surface area contributed by atoms with Crippen molar-refractivity contribution in [2.45, 2.75) is 0 Å². The van der Waals surface area contributed by atoms with E-state index in [1.165, 1.54) is 6.07 Å². The molecule has 3 aromatic rings. The summed E-state index contributed by atoms with van der Waals surface area (Å²) in [5, 5.41) is 32.8. The lowest BCUT2D eigenvalue weighted by atomic mass is 9.89. The highest BCUT2D eigenvalue weighted by atomic mass is 16.3. The first kappa shape index (κ1) is 21.6. The van der Waals surface area contributed by atoms with Gasteiger partial charge >= 0.3 is 0 Å². The lowest BCUT2D eigenvalue weighted by Gasteiger charge is -2.23. The number of nitrogens with two attached hydrogens (primary N) is 9. The van der Waals surface area contributed by atoms with E-state index >= 15 is 0 Å². The van der Waals surface area contributed by atoms with Gasteiger partial charge in [-0.2, -0.15) is 0 Å². The minimum Gasteiger partial charge on any atom is -0.504 e. The maximum atomic E-state index is 11.8. The van der Waals surface area contributed by atoms with E-state index in [0.29, 0.717) is 0 Å². The monoisotopic (exact) mass is 442 g/mol. The molecule has 3 aromatic carbocycles. The lowest BCUT2D eigenvalue weighted by molar-refractivity contribution is 0.408. The number of nitrogen functional groups attached to an aromatic ring is 9. The number of aromatic hydroxyl groups is 3. The van der Waals surface area contributed by atoms with Gasteiger partial charge in [-0.15, -0.1) is 4.91 Å². The summed E-state index contributed by atoms with van der Waals surface area (Å²) in [6, 6.07) is 1.18. The normalized spacial score (nSPS) is 10.9. The fourth-order valence-corrected chi connectivity index (χ4v) is 3.42. The van der Waals surface area contributed by atoms with E-state index < -0.39 is 22.9 Å². The van der Waals surface area contributed by atoms with Crippen molar-refractivity contribution in [1.82, 2.24) is 0 Å². The quantitative estimate of drug-likeness (QED) is 0.151. The zero-order valence-electron chi connectivity index (χ0n) is 16.5. The van der Waals surface area contributed by atoms with E-state index in [4.69, 9.17) is 51.6 Å². The Morgan fingerprint density at radius 3 is 1.50 bits per heavy atom. The molecule has 0 spiro atoms.